The lowest BCUT2D eigenvalue weighted by Crippen LogP contribution is -2.38. The van der Waals surface area contributed by atoms with Crippen molar-refractivity contribution in [3.63, 3.8) is 0 Å². The zero-order chi connectivity index (χ0) is 21.7. The second-order valence-corrected chi connectivity index (χ2v) is 7.08. The van der Waals surface area contributed by atoms with Crippen LogP contribution in [0.2, 0.25) is 0 Å². The highest BCUT2D eigenvalue weighted by Crippen LogP contribution is 2.24. The predicted molar refractivity (Wildman–Crippen MR) is 114 cm³/mol. The van der Waals surface area contributed by atoms with Gasteiger partial charge in [0.25, 0.3) is 11.4 Å². The number of nitrogens with zero attached hydrogens (tertiary/aromatic N) is 3. The van der Waals surface area contributed by atoms with Crippen LogP contribution in [0.1, 0.15) is 24.5 Å². The molecule has 8 nitrogen and oxygen atoms in total. The number of likely N-dealkylation sites (tertiary alicyclic amines) is 1. The van der Waals surface area contributed by atoms with Crippen LogP contribution in [0, 0.1) is 20.2 Å². The van der Waals surface area contributed by atoms with Crippen LogP contribution < -0.4 is 0 Å². The van der Waals surface area contributed by atoms with Gasteiger partial charge < -0.3 is 0 Å². The average Bonchev–Trinajstić information content (AvgIpc) is 2.72. The Hall–Kier alpha value is -3.65. The fourth-order valence-electron chi connectivity index (χ4n) is 3.44. The molecule has 0 bridgehead atoms. The van der Waals surface area contributed by atoms with E-state index in [2.05, 4.69) is 4.90 Å². The van der Waals surface area contributed by atoms with Crippen LogP contribution in [0.15, 0.2) is 59.7 Å². The number of non-ortho nitro benzene ring substituents is 2. The van der Waals surface area contributed by atoms with E-state index in [9.17, 15) is 25.0 Å². The zero-order valence-electron chi connectivity index (χ0n) is 16.5. The first-order valence-electron chi connectivity index (χ1n) is 9.54. The number of carbonyl (C=O) groups excluding carboxylic acids is 1. The van der Waals surface area contributed by atoms with Gasteiger partial charge in [-0.15, -0.1) is 0 Å². The van der Waals surface area contributed by atoms with Crippen LogP contribution in [-0.4, -0.2) is 40.2 Å². The Morgan fingerprint density at radius 3 is 1.77 bits per heavy atom. The summed E-state index contributed by atoms with van der Waals surface area (Å²) in [5, 5.41) is 22.1. The summed E-state index contributed by atoms with van der Waals surface area (Å²) >= 11 is 0. The number of rotatable bonds is 6. The lowest BCUT2D eigenvalue weighted by Gasteiger charge is -2.29. The van der Waals surface area contributed by atoms with Crippen molar-refractivity contribution in [2.45, 2.75) is 13.3 Å². The van der Waals surface area contributed by atoms with Crippen LogP contribution in [0.25, 0.3) is 12.2 Å². The molecule has 0 aromatic heterocycles. The minimum atomic E-state index is -0.471. The van der Waals surface area contributed by atoms with Crippen molar-refractivity contribution in [2.24, 2.45) is 0 Å². The standard InChI is InChI=1S/C22H21N3O5/c1-2-9-23-14-18(10-16-5-3-7-20(12-16)24(27)28)22(26)19(15-23)11-17-6-4-8-21(13-17)25(29)30/h3-8,10-13H,2,9,14-15H2,1H3/b18-10+,19-11+. The third-order valence-corrected chi connectivity index (χ3v) is 4.75. The molecule has 2 aromatic rings. The Morgan fingerprint density at radius 1 is 0.900 bits per heavy atom. The van der Waals surface area contributed by atoms with Gasteiger partial charge in [0.2, 0.25) is 0 Å². The minimum absolute atomic E-state index is 0.0367. The summed E-state index contributed by atoms with van der Waals surface area (Å²) in [4.78, 5) is 36.3. The van der Waals surface area contributed by atoms with E-state index in [0.717, 1.165) is 13.0 Å². The molecule has 0 spiro atoms. The molecule has 0 atom stereocenters. The van der Waals surface area contributed by atoms with E-state index < -0.39 is 9.85 Å². The molecule has 0 saturated carbocycles. The summed E-state index contributed by atoms with van der Waals surface area (Å²) in [6.45, 7) is 3.72. The molecule has 1 saturated heterocycles. The monoisotopic (exact) mass is 407 g/mol. The van der Waals surface area contributed by atoms with Gasteiger partial charge in [-0.25, -0.2) is 0 Å². The molecule has 0 amide bonds. The summed E-state index contributed by atoms with van der Waals surface area (Å²) in [5.74, 6) is -0.152. The van der Waals surface area contributed by atoms with Gasteiger partial charge in [-0.3, -0.25) is 29.9 Å². The molecule has 1 aliphatic heterocycles. The number of benzene rings is 2. The molecule has 8 heteroatoms. The normalized spacial score (nSPS) is 17.4. The Kier molecular flexibility index (Phi) is 6.48. The van der Waals surface area contributed by atoms with Crippen LogP contribution in [0.5, 0.6) is 0 Å². The van der Waals surface area contributed by atoms with Crippen LogP contribution in [0.4, 0.5) is 11.4 Å². The van der Waals surface area contributed by atoms with E-state index in [1.807, 2.05) is 6.92 Å². The van der Waals surface area contributed by atoms with Gasteiger partial charge in [0.1, 0.15) is 0 Å². The first-order chi connectivity index (χ1) is 14.4. The molecular formula is C22H21N3O5. The Morgan fingerprint density at radius 2 is 1.37 bits per heavy atom. The van der Waals surface area contributed by atoms with Crippen LogP contribution in [-0.2, 0) is 4.79 Å². The first-order valence-corrected chi connectivity index (χ1v) is 9.54. The SMILES string of the molecule is CCCN1C/C(=C\c2cccc([N+](=O)[O-])c2)C(=O)/C(=C/c2cccc([N+](=O)[O-])c2)C1. The highest BCUT2D eigenvalue weighted by atomic mass is 16.6. The van der Waals surface area contributed by atoms with Crippen LogP contribution >= 0.6 is 0 Å². The molecule has 154 valence electrons. The quantitative estimate of drug-likeness (QED) is 0.402. The molecule has 0 unspecified atom stereocenters. The van der Waals surface area contributed by atoms with Gasteiger partial charge in [0.15, 0.2) is 5.78 Å². The lowest BCUT2D eigenvalue weighted by molar-refractivity contribution is -0.385. The number of piperidine rings is 1. The molecule has 0 N–H and O–H groups in total. The molecule has 0 radical (unpaired) electrons. The van der Waals surface area contributed by atoms with Gasteiger partial charge in [0, 0.05) is 48.5 Å². The Balaban J connectivity index is 1.98. The Bertz CT molecular complexity index is 979. The highest BCUT2D eigenvalue weighted by Gasteiger charge is 2.26. The number of hydrogen-bond donors (Lipinski definition) is 0. The number of carbonyl (C=O) groups is 1. The maximum Gasteiger partial charge on any atom is 0.270 e. The van der Waals surface area contributed by atoms with Gasteiger partial charge >= 0.3 is 0 Å². The van der Waals surface area contributed by atoms with Gasteiger partial charge in [-0.2, -0.15) is 0 Å². The molecular weight excluding hydrogens is 386 g/mol. The summed E-state index contributed by atoms with van der Waals surface area (Å²) < 4.78 is 0. The van der Waals surface area contributed by atoms with E-state index in [0.29, 0.717) is 35.4 Å². The first kappa shape index (κ1) is 21.1. The van der Waals surface area contributed by atoms with Gasteiger partial charge in [0.05, 0.1) is 9.85 Å². The molecule has 30 heavy (non-hydrogen) atoms. The number of nitro benzene ring substituents is 2. The summed E-state index contributed by atoms with van der Waals surface area (Å²) in [6, 6.07) is 12.3. The van der Waals surface area contributed by atoms with E-state index >= 15 is 0 Å². The van der Waals surface area contributed by atoms with Crippen molar-refractivity contribution in [3.8, 4) is 0 Å². The van der Waals surface area contributed by atoms with Gasteiger partial charge in [-0.1, -0.05) is 31.2 Å². The molecule has 1 aliphatic rings. The third-order valence-electron chi connectivity index (χ3n) is 4.75. The zero-order valence-corrected chi connectivity index (χ0v) is 16.5. The number of nitro groups is 2. The fraction of sp³-hybridized carbons (Fsp3) is 0.227. The van der Waals surface area contributed by atoms with E-state index in [-0.39, 0.29) is 17.2 Å². The van der Waals surface area contributed by atoms with E-state index in [1.54, 1.807) is 36.4 Å². The smallest absolute Gasteiger partial charge is 0.270 e. The van der Waals surface area contributed by atoms with Crippen molar-refractivity contribution in [3.05, 3.63) is 91.0 Å². The molecule has 2 aromatic carbocycles. The number of Topliss-reactive ketones (excluding diaryl/α,β-unsaturated/α-hetero) is 1. The Labute approximate surface area is 173 Å². The second kappa shape index (κ2) is 9.23. The topological polar surface area (TPSA) is 107 Å². The minimum Gasteiger partial charge on any atom is -0.295 e. The van der Waals surface area contributed by atoms with Crippen LogP contribution in [0.3, 0.4) is 0 Å². The third kappa shape index (κ3) is 5.03. The van der Waals surface area contributed by atoms with Crippen molar-refractivity contribution in [1.82, 2.24) is 4.90 Å². The van der Waals surface area contributed by atoms with E-state index in [1.165, 1.54) is 24.3 Å². The molecule has 0 aliphatic carbocycles. The lowest BCUT2D eigenvalue weighted by atomic mass is 9.94. The number of ketones is 1. The number of hydrogen-bond acceptors (Lipinski definition) is 6. The maximum atomic E-state index is 13.1. The summed E-state index contributed by atoms with van der Waals surface area (Å²) in [6.07, 6.45) is 4.26. The highest BCUT2D eigenvalue weighted by molar-refractivity contribution is 6.14. The molecule has 1 heterocycles. The summed E-state index contributed by atoms with van der Waals surface area (Å²) in [7, 11) is 0. The van der Waals surface area contributed by atoms with E-state index in [4.69, 9.17) is 0 Å². The maximum absolute atomic E-state index is 13.1. The fourth-order valence-corrected chi connectivity index (χ4v) is 3.44. The van der Waals surface area contributed by atoms with Crippen molar-refractivity contribution >= 4 is 29.3 Å². The van der Waals surface area contributed by atoms with Crippen molar-refractivity contribution in [2.75, 3.05) is 19.6 Å². The van der Waals surface area contributed by atoms with Gasteiger partial charge in [-0.05, 0) is 36.2 Å². The average molecular weight is 407 g/mol. The van der Waals surface area contributed by atoms with Crippen molar-refractivity contribution in [1.29, 1.82) is 0 Å². The molecule has 3 rings (SSSR count). The summed E-state index contributed by atoms with van der Waals surface area (Å²) in [5.41, 5.74) is 2.16. The van der Waals surface area contributed by atoms with Crippen molar-refractivity contribution < 1.29 is 14.6 Å². The predicted octanol–water partition coefficient (Wildman–Crippen LogP) is 4.26. The molecule has 1 fully saturated rings. The largest absolute Gasteiger partial charge is 0.295 e. The second-order valence-electron chi connectivity index (χ2n) is 7.08.